The predicted octanol–water partition coefficient (Wildman–Crippen LogP) is 3.18. The van der Waals surface area contributed by atoms with Crippen LogP contribution in [0.25, 0.3) is 0 Å². The molecular weight excluding hydrogens is 328 g/mol. The quantitative estimate of drug-likeness (QED) is 0.707. The molecule has 4 rings (SSSR count). The Hall–Kier alpha value is -2.86. The van der Waals surface area contributed by atoms with E-state index in [1.807, 2.05) is 35.1 Å². The maximum atomic E-state index is 5.92. The summed E-state index contributed by atoms with van der Waals surface area (Å²) < 4.78 is 13.0. The number of aryl methyl sites for hydroxylation is 1. The Morgan fingerprint density at radius 3 is 2.81 bits per heavy atom. The molecule has 0 bridgehead atoms. The molecule has 3 aromatic rings. The number of hydrogen-bond donors (Lipinski definition) is 0. The highest BCUT2D eigenvalue weighted by Gasteiger charge is 2.29. The number of ether oxygens (including phenoxy) is 2. The van der Waals surface area contributed by atoms with Crippen LogP contribution in [0.15, 0.2) is 54.7 Å². The number of methoxy groups -OCH3 is 1. The molecule has 6 nitrogen and oxygen atoms in total. The first-order valence-electron chi connectivity index (χ1n) is 8.71. The van der Waals surface area contributed by atoms with E-state index >= 15 is 0 Å². The number of aromatic nitrogens is 3. The van der Waals surface area contributed by atoms with Gasteiger partial charge < -0.3 is 14.4 Å². The van der Waals surface area contributed by atoms with Crippen molar-refractivity contribution in [1.82, 2.24) is 15.0 Å². The second kappa shape index (κ2) is 7.17. The molecule has 0 amide bonds. The Morgan fingerprint density at radius 1 is 1.19 bits per heavy atom. The van der Waals surface area contributed by atoms with Crippen LogP contribution in [0.5, 0.6) is 5.75 Å². The Balaban J connectivity index is 1.52. The third kappa shape index (κ3) is 3.41. The minimum absolute atomic E-state index is 0.213. The van der Waals surface area contributed by atoms with Gasteiger partial charge in [0.2, 0.25) is 0 Å². The zero-order valence-electron chi connectivity index (χ0n) is 15.0. The van der Waals surface area contributed by atoms with Crippen molar-refractivity contribution in [3.63, 3.8) is 0 Å². The van der Waals surface area contributed by atoms with Crippen molar-refractivity contribution in [2.45, 2.75) is 19.7 Å². The summed E-state index contributed by atoms with van der Waals surface area (Å²) in [6.07, 6.45) is 1.75. The van der Waals surface area contributed by atoms with Gasteiger partial charge >= 0.3 is 0 Å². The number of hydrogen-bond acceptors (Lipinski definition) is 5. The van der Waals surface area contributed by atoms with Crippen LogP contribution in [0.3, 0.4) is 0 Å². The topological polar surface area (TPSA) is 52.4 Å². The van der Waals surface area contributed by atoms with Crippen LogP contribution in [0.1, 0.15) is 23.0 Å². The van der Waals surface area contributed by atoms with Crippen LogP contribution in [0, 0.1) is 6.92 Å². The molecule has 0 spiro atoms. The average Bonchev–Trinajstić information content (AvgIpc) is 3.31. The van der Waals surface area contributed by atoms with Gasteiger partial charge in [0.1, 0.15) is 11.4 Å². The lowest BCUT2D eigenvalue weighted by Crippen LogP contribution is -2.23. The molecular formula is C20H22N4O2. The molecule has 1 atom stereocenters. The first-order valence-corrected chi connectivity index (χ1v) is 8.71. The lowest BCUT2D eigenvalue weighted by atomic mass is 10.1. The third-order valence-corrected chi connectivity index (χ3v) is 4.53. The number of anilines is 1. The van der Waals surface area contributed by atoms with Gasteiger partial charge in [0.05, 0.1) is 26.5 Å². The molecule has 1 aliphatic heterocycles. The summed E-state index contributed by atoms with van der Waals surface area (Å²) in [6.45, 7) is 4.28. The maximum absolute atomic E-state index is 5.92. The Bertz CT molecular complexity index is 876. The van der Waals surface area contributed by atoms with Crippen molar-refractivity contribution in [2.24, 2.45) is 0 Å². The van der Waals surface area contributed by atoms with Gasteiger partial charge in [0.15, 0.2) is 6.23 Å². The molecule has 0 unspecified atom stereocenters. The van der Waals surface area contributed by atoms with Gasteiger partial charge in [0, 0.05) is 12.2 Å². The molecule has 1 saturated heterocycles. The highest BCUT2D eigenvalue weighted by atomic mass is 16.5. The predicted molar refractivity (Wildman–Crippen MR) is 99.3 cm³/mol. The molecule has 2 aromatic carbocycles. The minimum Gasteiger partial charge on any atom is -0.497 e. The summed E-state index contributed by atoms with van der Waals surface area (Å²) in [5.41, 5.74) is 4.36. The molecule has 26 heavy (non-hydrogen) atoms. The fourth-order valence-corrected chi connectivity index (χ4v) is 3.25. The Kier molecular flexibility index (Phi) is 4.58. The molecule has 1 aliphatic rings. The Labute approximate surface area is 153 Å². The summed E-state index contributed by atoms with van der Waals surface area (Å²) >= 11 is 0. The third-order valence-electron chi connectivity index (χ3n) is 4.53. The first kappa shape index (κ1) is 16.6. The van der Waals surface area contributed by atoms with Crippen LogP contribution in [-0.2, 0) is 11.3 Å². The molecule has 2 heterocycles. The molecule has 6 heteroatoms. The maximum Gasteiger partial charge on any atom is 0.177 e. The molecule has 0 radical (unpaired) electrons. The van der Waals surface area contributed by atoms with Crippen molar-refractivity contribution in [1.29, 1.82) is 0 Å². The summed E-state index contributed by atoms with van der Waals surface area (Å²) in [6, 6.07) is 16.4. The fraction of sp³-hybridized carbons (Fsp3) is 0.300. The van der Waals surface area contributed by atoms with Crippen LogP contribution >= 0.6 is 0 Å². The van der Waals surface area contributed by atoms with E-state index in [1.165, 1.54) is 11.1 Å². The molecule has 134 valence electrons. The number of nitrogens with zero attached hydrogens (tertiary/aromatic N) is 4. The van der Waals surface area contributed by atoms with Crippen molar-refractivity contribution in [2.75, 3.05) is 25.2 Å². The van der Waals surface area contributed by atoms with Crippen LogP contribution in [0.4, 0.5) is 5.69 Å². The molecule has 0 saturated carbocycles. The van der Waals surface area contributed by atoms with Gasteiger partial charge in [0.25, 0.3) is 0 Å². The largest absolute Gasteiger partial charge is 0.497 e. The summed E-state index contributed by atoms with van der Waals surface area (Å²) in [7, 11) is 1.67. The molecule has 0 aliphatic carbocycles. The van der Waals surface area contributed by atoms with E-state index in [9.17, 15) is 0 Å². The van der Waals surface area contributed by atoms with Crippen molar-refractivity contribution in [3.05, 3.63) is 71.5 Å². The summed E-state index contributed by atoms with van der Waals surface area (Å²) in [5, 5.41) is 8.63. The van der Waals surface area contributed by atoms with Gasteiger partial charge in [-0.1, -0.05) is 35.0 Å². The van der Waals surface area contributed by atoms with Crippen LogP contribution in [0.2, 0.25) is 0 Å². The smallest absolute Gasteiger partial charge is 0.177 e. The lowest BCUT2D eigenvalue weighted by molar-refractivity contribution is 0.110. The zero-order valence-corrected chi connectivity index (χ0v) is 15.0. The van der Waals surface area contributed by atoms with Crippen LogP contribution < -0.4 is 9.64 Å². The van der Waals surface area contributed by atoms with Crippen molar-refractivity contribution < 1.29 is 9.47 Å². The van der Waals surface area contributed by atoms with Gasteiger partial charge in [-0.15, -0.1) is 5.10 Å². The average molecular weight is 350 g/mol. The highest BCUT2D eigenvalue weighted by Crippen LogP contribution is 2.31. The fourth-order valence-electron chi connectivity index (χ4n) is 3.25. The summed E-state index contributed by atoms with van der Waals surface area (Å²) in [5.74, 6) is 0.842. The van der Waals surface area contributed by atoms with E-state index in [0.717, 1.165) is 23.7 Å². The van der Waals surface area contributed by atoms with E-state index in [1.54, 1.807) is 7.11 Å². The minimum atomic E-state index is -0.213. The number of benzene rings is 2. The van der Waals surface area contributed by atoms with Gasteiger partial charge in [-0.3, -0.25) is 0 Å². The van der Waals surface area contributed by atoms with Gasteiger partial charge in [-0.05, 0) is 36.8 Å². The second-order valence-corrected chi connectivity index (χ2v) is 6.44. The van der Waals surface area contributed by atoms with Crippen molar-refractivity contribution >= 4 is 5.69 Å². The van der Waals surface area contributed by atoms with E-state index in [4.69, 9.17) is 9.47 Å². The molecule has 1 aromatic heterocycles. The van der Waals surface area contributed by atoms with E-state index < -0.39 is 0 Å². The summed E-state index contributed by atoms with van der Waals surface area (Å²) in [4.78, 5) is 2.19. The lowest BCUT2D eigenvalue weighted by Gasteiger charge is -2.23. The van der Waals surface area contributed by atoms with E-state index in [2.05, 4.69) is 46.4 Å². The normalized spacial score (nSPS) is 16.8. The Morgan fingerprint density at radius 2 is 2.04 bits per heavy atom. The molecule has 0 N–H and O–H groups in total. The highest BCUT2D eigenvalue weighted by molar-refractivity contribution is 5.50. The van der Waals surface area contributed by atoms with Gasteiger partial charge in [-0.25, -0.2) is 4.68 Å². The first-order chi connectivity index (χ1) is 12.7. The monoisotopic (exact) mass is 350 g/mol. The van der Waals surface area contributed by atoms with Crippen LogP contribution in [-0.4, -0.2) is 35.3 Å². The zero-order chi connectivity index (χ0) is 17.9. The van der Waals surface area contributed by atoms with Crippen molar-refractivity contribution in [3.8, 4) is 5.75 Å². The van der Waals surface area contributed by atoms with E-state index in [0.29, 0.717) is 13.2 Å². The second-order valence-electron chi connectivity index (χ2n) is 6.44. The van der Waals surface area contributed by atoms with Gasteiger partial charge in [-0.2, -0.15) is 0 Å². The number of rotatable bonds is 5. The SMILES string of the molecule is COc1ccc(N2CCO[C@@H]2c2cn(Cc3cccc(C)c3)nn2)cc1. The standard InChI is InChI=1S/C20H22N4O2/c1-15-4-3-5-16(12-15)13-23-14-19(21-22-23)20-24(10-11-26-20)17-6-8-18(25-2)9-7-17/h3-9,12,14,20H,10-11,13H2,1-2H3/t20-/m1/s1. The van der Waals surface area contributed by atoms with E-state index in [-0.39, 0.29) is 6.23 Å². The molecule has 1 fully saturated rings.